The fourth-order valence-corrected chi connectivity index (χ4v) is 3.88. The highest BCUT2D eigenvalue weighted by atomic mass is 35.5. The standard InChI is InChI=1S/C12H17N3O4S.ClH/c13-8-9-3-1-6-12(9)14-20(18,19)11-5-2-4-10(7-11)15(16)17;/h2,4-5,7,9,12,14H,1,3,6,8,13H2;1H. The molecule has 1 aromatic carbocycles. The molecule has 0 heterocycles. The monoisotopic (exact) mass is 335 g/mol. The van der Waals surface area contributed by atoms with Crippen LogP contribution in [0.3, 0.4) is 0 Å². The molecule has 1 aliphatic rings. The minimum absolute atomic E-state index is 0. The Morgan fingerprint density at radius 3 is 2.71 bits per heavy atom. The number of hydrogen-bond donors (Lipinski definition) is 2. The van der Waals surface area contributed by atoms with Gasteiger partial charge in [0, 0.05) is 18.2 Å². The highest BCUT2D eigenvalue weighted by molar-refractivity contribution is 7.89. The minimum Gasteiger partial charge on any atom is -0.330 e. The van der Waals surface area contributed by atoms with Gasteiger partial charge in [-0.15, -0.1) is 12.4 Å². The predicted octanol–water partition coefficient (Wildman–Crippen LogP) is 1.42. The van der Waals surface area contributed by atoms with Crippen molar-refractivity contribution in [2.75, 3.05) is 6.54 Å². The summed E-state index contributed by atoms with van der Waals surface area (Å²) in [7, 11) is -3.75. The molecule has 0 spiro atoms. The number of hydrogen-bond acceptors (Lipinski definition) is 5. The number of sulfonamides is 1. The Hall–Kier alpha value is -1.22. The molecule has 118 valence electrons. The smallest absolute Gasteiger partial charge is 0.270 e. The molecule has 3 N–H and O–H groups in total. The van der Waals surface area contributed by atoms with Crippen LogP contribution in [-0.2, 0) is 10.0 Å². The van der Waals surface area contributed by atoms with E-state index >= 15 is 0 Å². The van der Waals surface area contributed by atoms with Crippen LogP contribution in [0.25, 0.3) is 0 Å². The molecule has 0 amide bonds. The first kappa shape index (κ1) is 17.8. The molecular formula is C12H18ClN3O4S. The van der Waals surface area contributed by atoms with E-state index in [0.717, 1.165) is 25.3 Å². The van der Waals surface area contributed by atoms with Crippen molar-refractivity contribution in [2.45, 2.75) is 30.2 Å². The lowest BCUT2D eigenvalue weighted by Crippen LogP contribution is -2.39. The normalized spacial score (nSPS) is 21.8. The van der Waals surface area contributed by atoms with Gasteiger partial charge in [-0.05, 0) is 31.4 Å². The summed E-state index contributed by atoms with van der Waals surface area (Å²) in [4.78, 5) is 9.99. The van der Waals surface area contributed by atoms with Crippen LogP contribution in [0.15, 0.2) is 29.2 Å². The average molecular weight is 336 g/mol. The molecule has 0 saturated heterocycles. The molecule has 2 rings (SSSR count). The van der Waals surface area contributed by atoms with Crippen molar-refractivity contribution >= 4 is 28.1 Å². The Bertz CT molecular complexity index is 608. The number of benzene rings is 1. The van der Waals surface area contributed by atoms with Crippen molar-refractivity contribution in [3.63, 3.8) is 0 Å². The quantitative estimate of drug-likeness (QED) is 0.623. The molecule has 9 heteroatoms. The van der Waals surface area contributed by atoms with E-state index in [4.69, 9.17) is 5.73 Å². The highest BCUT2D eigenvalue weighted by Crippen LogP contribution is 2.26. The van der Waals surface area contributed by atoms with Crippen LogP contribution in [0.4, 0.5) is 5.69 Å². The fraction of sp³-hybridized carbons (Fsp3) is 0.500. The molecule has 1 saturated carbocycles. The van der Waals surface area contributed by atoms with E-state index in [9.17, 15) is 18.5 Å². The number of nitrogens with one attached hydrogen (secondary N) is 1. The summed E-state index contributed by atoms with van der Waals surface area (Å²) < 4.78 is 27.1. The highest BCUT2D eigenvalue weighted by Gasteiger charge is 2.30. The molecule has 2 atom stereocenters. The fourth-order valence-electron chi connectivity index (χ4n) is 2.51. The molecule has 21 heavy (non-hydrogen) atoms. The van der Waals surface area contributed by atoms with E-state index in [1.807, 2.05) is 0 Å². The maximum Gasteiger partial charge on any atom is 0.270 e. The Morgan fingerprint density at radius 1 is 1.38 bits per heavy atom. The maximum atomic E-state index is 12.2. The zero-order valence-electron chi connectivity index (χ0n) is 11.3. The molecule has 0 bridgehead atoms. The number of nitro benzene ring substituents is 1. The topological polar surface area (TPSA) is 115 Å². The van der Waals surface area contributed by atoms with E-state index in [1.54, 1.807) is 0 Å². The molecule has 0 radical (unpaired) electrons. The van der Waals surface area contributed by atoms with Crippen LogP contribution in [-0.4, -0.2) is 25.9 Å². The third-order valence-electron chi connectivity index (χ3n) is 3.61. The Balaban J connectivity index is 0.00000220. The van der Waals surface area contributed by atoms with Gasteiger partial charge >= 0.3 is 0 Å². The lowest BCUT2D eigenvalue weighted by atomic mass is 10.1. The van der Waals surface area contributed by atoms with Gasteiger partial charge in [-0.25, -0.2) is 13.1 Å². The maximum absolute atomic E-state index is 12.2. The van der Waals surface area contributed by atoms with Crippen molar-refractivity contribution in [1.82, 2.24) is 4.72 Å². The summed E-state index contributed by atoms with van der Waals surface area (Å²) in [5, 5.41) is 10.7. The van der Waals surface area contributed by atoms with E-state index in [-0.39, 0.29) is 34.9 Å². The van der Waals surface area contributed by atoms with E-state index in [1.165, 1.54) is 18.2 Å². The number of halogens is 1. The van der Waals surface area contributed by atoms with E-state index in [2.05, 4.69) is 4.72 Å². The first-order valence-electron chi connectivity index (χ1n) is 6.41. The summed E-state index contributed by atoms with van der Waals surface area (Å²) in [5.41, 5.74) is 5.38. The number of nitrogens with zero attached hydrogens (tertiary/aromatic N) is 1. The van der Waals surface area contributed by atoms with Crippen LogP contribution in [0.1, 0.15) is 19.3 Å². The SMILES string of the molecule is Cl.NCC1CCCC1NS(=O)(=O)c1cccc([N+](=O)[O-])c1. The number of non-ortho nitro benzene ring substituents is 1. The van der Waals surface area contributed by atoms with Gasteiger partial charge in [-0.1, -0.05) is 12.5 Å². The summed E-state index contributed by atoms with van der Waals surface area (Å²) in [5.74, 6) is 0.128. The zero-order valence-corrected chi connectivity index (χ0v) is 12.9. The second-order valence-electron chi connectivity index (χ2n) is 4.91. The number of nitro groups is 1. The minimum atomic E-state index is -3.75. The van der Waals surface area contributed by atoms with E-state index in [0.29, 0.717) is 6.54 Å². The Labute approximate surface area is 129 Å². The van der Waals surface area contributed by atoms with Crippen molar-refractivity contribution in [2.24, 2.45) is 11.7 Å². The summed E-state index contributed by atoms with van der Waals surface area (Å²) in [6, 6.07) is 4.85. The molecule has 0 aliphatic heterocycles. The predicted molar refractivity (Wildman–Crippen MR) is 80.8 cm³/mol. The van der Waals surface area contributed by atoms with Gasteiger partial charge < -0.3 is 5.73 Å². The summed E-state index contributed by atoms with van der Waals surface area (Å²) >= 11 is 0. The Kier molecular flexibility index (Phi) is 6.09. The van der Waals surface area contributed by atoms with Gasteiger partial charge in [0.2, 0.25) is 10.0 Å². The number of rotatable bonds is 5. The molecule has 0 aromatic heterocycles. The van der Waals surface area contributed by atoms with Crippen molar-refractivity contribution in [1.29, 1.82) is 0 Å². The molecular weight excluding hydrogens is 318 g/mol. The molecule has 1 aliphatic carbocycles. The third kappa shape index (κ3) is 4.13. The van der Waals surface area contributed by atoms with Gasteiger partial charge in [0.15, 0.2) is 0 Å². The van der Waals surface area contributed by atoms with Crippen LogP contribution in [0, 0.1) is 16.0 Å². The largest absolute Gasteiger partial charge is 0.330 e. The number of nitrogens with two attached hydrogens (primary N) is 1. The third-order valence-corrected chi connectivity index (χ3v) is 5.09. The van der Waals surface area contributed by atoms with Crippen LogP contribution >= 0.6 is 12.4 Å². The van der Waals surface area contributed by atoms with Gasteiger partial charge in [0.05, 0.1) is 9.82 Å². The molecule has 2 unspecified atom stereocenters. The van der Waals surface area contributed by atoms with Crippen molar-refractivity contribution in [3.05, 3.63) is 34.4 Å². The average Bonchev–Trinajstić information content (AvgIpc) is 2.85. The molecule has 7 nitrogen and oxygen atoms in total. The summed E-state index contributed by atoms with van der Waals surface area (Å²) in [6.45, 7) is 0.433. The van der Waals surface area contributed by atoms with Gasteiger partial charge in [-0.2, -0.15) is 0 Å². The van der Waals surface area contributed by atoms with Gasteiger partial charge in [0.1, 0.15) is 0 Å². The second kappa shape index (κ2) is 7.17. The molecule has 1 fully saturated rings. The first-order chi connectivity index (χ1) is 9.44. The van der Waals surface area contributed by atoms with Crippen LogP contribution in [0.2, 0.25) is 0 Å². The first-order valence-corrected chi connectivity index (χ1v) is 7.89. The molecule has 1 aromatic rings. The van der Waals surface area contributed by atoms with Gasteiger partial charge in [-0.3, -0.25) is 10.1 Å². The van der Waals surface area contributed by atoms with Crippen LogP contribution < -0.4 is 10.5 Å². The lowest BCUT2D eigenvalue weighted by molar-refractivity contribution is -0.385. The Morgan fingerprint density at radius 2 is 2.10 bits per heavy atom. The lowest BCUT2D eigenvalue weighted by Gasteiger charge is -2.19. The summed E-state index contributed by atoms with van der Waals surface area (Å²) in [6.07, 6.45) is 2.58. The van der Waals surface area contributed by atoms with Crippen molar-refractivity contribution < 1.29 is 13.3 Å². The van der Waals surface area contributed by atoms with Gasteiger partial charge in [0.25, 0.3) is 5.69 Å². The van der Waals surface area contributed by atoms with Crippen LogP contribution in [0.5, 0.6) is 0 Å². The van der Waals surface area contributed by atoms with E-state index < -0.39 is 14.9 Å². The zero-order chi connectivity index (χ0) is 14.8. The van der Waals surface area contributed by atoms with Crippen molar-refractivity contribution in [3.8, 4) is 0 Å². The second-order valence-corrected chi connectivity index (χ2v) is 6.62.